The first kappa shape index (κ1) is 21.7. The van der Waals surface area contributed by atoms with Gasteiger partial charge in [0, 0.05) is 0 Å². The fraction of sp³-hybridized carbons (Fsp3) is 0.800. The zero-order chi connectivity index (χ0) is 13.8. The number of rotatable bonds is 1. The molecule has 0 unspecified atom stereocenters. The van der Waals surface area contributed by atoms with Gasteiger partial charge in [0.25, 0.3) is 0 Å². The second-order valence-electron chi connectivity index (χ2n) is 3.90. The molecule has 1 heterocycles. The molecule has 0 radical (unpaired) electrons. The predicted octanol–water partition coefficient (Wildman–Crippen LogP) is 2.25. The number of carboxylic acid groups (broad SMARTS) is 4. The fourth-order valence-electron chi connectivity index (χ4n) is 1.51. The van der Waals surface area contributed by atoms with Crippen molar-refractivity contribution in [2.24, 2.45) is 11.8 Å². The van der Waals surface area contributed by atoms with Gasteiger partial charge in [0.2, 0.25) is 0 Å². The van der Waals surface area contributed by atoms with Gasteiger partial charge in [0.05, 0.1) is 0 Å². The summed E-state index contributed by atoms with van der Waals surface area (Å²) in [6.45, 7) is 7.14. The SMILES string of the molecule is CC(C)C1CCNCC1.N.O=C(O)O.O=C(O)O. The van der Waals surface area contributed by atoms with E-state index in [0.717, 1.165) is 11.8 Å². The van der Waals surface area contributed by atoms with Crippen LogP contribution in [0.5, 0.6) is 0 Å². The van der Waals surface area contributed by atoms with Crippen molar-refractivity contribution >= 4 is 12.3 Å². The largest absolute Gasteiger partial charge is 0.503 e. The highest BCUT2D eigenvalue weighted by Gasteiger charge is 2.15. The molecule has 0 aromatic rings. The lowest BCUT2D eigenvalue weighted by atomic mass is 9.87. The Labute approximate surface area is 106 Å². The fourth-order valence-corrected chi connectivity index (χ4v) is 1.51. The summed E-state index contributed by atoms with van der Waals surface area (Å²) in [7, 11) is 0. The maximum atomic E-state index is 8.56. The molecule has 0 atom stereocenters. The van der Waals surface area contributed by atoms with E-state index in [2.05, 4.69) is 19.2 Å². The monoisotopic (exact) mass is 268 g/mol. The normalized spacial score (nSPS) is 14.2. The molecule has 1 fully saturated rings. The van der Waals surface area contributed by atoms with Crippen molar-refractivity contribution in [3.8, 4) is 0 Å². The summed E-state index contributed by atoms with van der Waals surface area (Å²) < 4.78 is 0. The number of hydrogen-bond donors (Lipinski definition) is 6. The van der Waals surface area contributed by atoms with Crippen molar-refractivity contribution in [1.29, 1.82) is 0 Å². The predicted molar refractivity (Wildman–Crippen MR) is 66.8 cm³/mol. The lowest BCUT2D eigenvalue weighted by molar-refractivity contribution is 0.135. The Balaban J connectivity index is -0.000000214. The number of hydrogen-bond acceptors (Lipinski definition) is 4. The molecule has 8 heteroatoms. The van der Waals surface area contributed by atoms with E-state index in [-0.39, 0.29) is 6.15 Å². The average molecular weight is 268 g/mol. The van der Waals surface area contributed by atoms with Crippen molar-refractivity contribution in [3.05, 3.63) is 0 Å². The Hall–Kier alpha value is -1.54. The van der Waals surface area contributed by atoms with Crippen LogP contribution in [-0.4, -0.2) is 45.8 Å². The summed E-state index contributed by atoms with van der Waals surface area (Å²) in [6, 6.07) is 0. The van der Waals surface area contributed by atoms with Crippen LogP contribution in [0.4, 0.5) is 9.59 Å². The molecule has 8 N–H and O–H groups in total. The number of nitrogens with one attached hydrogen (secondary N) is 1. The Kier molecular flexibility index (Phi) is 16.3. The van der Waals surface area contributed by atoms with E-state index in [1.54, 1.807) is 0 Å². The third kappa shape index (κ3) is 23.9. The van der Waals surface area contributed by atoms with E-state index in [4.69, 9.17) is 30.0 Å². The highest BCUT2D eigenvalue weighted by Crippen LogP contribution is 2.20. The minimum atomic E-state index is -1.83. The molecular formula is C10H24N2O6. The lowest BCUT2D eigenvalue weighted by Crippen LogP contribution is -2.29. The first-order valence-corrected chi connectivity index (χ1v) is 5.31. The summed E-state index contributed by atoms with van der Waals surface area (Å²) in [5.74, 6) is 1.89. The molecule has 1 saturated heterocycles. The summed E-state index contributed by atoms with van der Waals surface area (Å²) in [6.07, 6.45) is -0.894. The second kappa shape index (κ2) is 13.5. The quantitative estimate of drug-likeness (QED) is 0.421. The molecule has 8 nitrogen and oxygen atoms in total. The van der Waals surface area contributed by atoms with Gasteiger partial charge in [-0.05, 0) is 37.8 Å². The van der Waals surface area contributed by atoms with Crippen LogP contribution < -0.4 is 11.5 Å². The Morgan fingerprint density at radius 2 is 1.28 bits per heavy atom. The number of piperidine rings is 1. The molecule has 1 aliphatic rings. The average Bonchev–Trinajstić information content (AvgIpc) is 2.17. The van der Waals surface area contributed by atoms with Crippen molar-refractivity contribution in [1.82, 2.24) is 11.5 Å². The van der Waals surface area contributed by atoms with Gasteiger partial charge in [0.1, 0.15) is 0 Å². The van der Waals surface area contributed by atoms with E-state index < -0.39 is 12.3 Å². The Bertz CT molecular complexity index is 196. The minimum Gasteiger partial charge on any atom is -0.450 e. The number of carbonyl (C=O) groups is 2. The van der Waals surface area contributed by atoms with Crippen molar-refractivity contribution in [2.45, 2.75) is 26.7 Å². The van der Waals surface area contributed by atoms with Crippen LogP contribution in [0, 0.1) is 11.8 Å². The molecular weight excluding hydrogens is 244 g/mol. The van der Waals surface area contributed by atoms with Crippen LogP contribution in [0.2, 0.25) is 0 Å². The third-order valence-electron chi connectivity index (χ3n) is 2.33. The van der Waals surface area contributed by atoms with Crippen LogP contribution in [0.3, 0.4) is 0 Å². The van der Waals surface area contributed by atoms with Gasteiger partial charge in [-0.15, -0.1) is 0 Å². The minimum absolute atomic E-state index is 0. The standard InChI is InChI=1S/C8H17N.2CH2O3.H3N/c1-7(2)8-3-5-9-6-4-8;2*2-1(3)4;/h7-9H,3-6H2,1-2H3;2*(H2,2,3,4);1H3. The molecule has 0 saturated carbocycles. The van der Waals surface area contributed by atoms with Crippen molar-refractivity contribution in [2.75, 3.05) is 13.1 Å². The van der Waals surface area contributed by atoms with Gasteiger partial charge in [-0.3, -0.25) is 0 Å². The van der Waals surface area contributed by atoms with E-state index in [9.17, 15) is 0 Å². The molecule has 0 aromatic carbocycles. The van der Waals surface area contributed by atoms with Crippen LogP contribution in [-0.2, 0) is 0 Å². The first-order chi connectivity index (χ1) is 7.77. The maximum absolute atomic E-state index is 8.56. The molecule has 18 heavy (non-hydrogen) atoms. The zero-order valence-corrected chi connectivity index (χ0v) is 10.8. The molecule has 1 rings (SSSR count). The lowest BCUT2D eigenvalue weighted by Gasteiger charge is -2.25. The summed E-state index contributed by atoms with van der Waals surface area (Å²) in [5.41, 5.74) is 0. The molecule has 0 aromatic heterocycles. The van der Waals surface area contributed by atoms with Crippen molar-refractivity contribution < 1.29 is 30.0 Å². The van der Waals surface area contributed by atoms with Gasteiger partial charge < -0.3 is 31.9 Å². The highest BCUT2D eigenvalue weighted by molar-refractivity contribution is 5.53. The summed E-state index contributed by atoms with van der Waals surface area (Å²) >= 11 is 0. The zero-order valence-electron chi connectivity index (χ0n) is 10.8. The van der Waals surface area contributed by atoms with Crippen LogP contribution in [0.25, 0.3) is 0 Å². The van der Waals surface area contributed by atoms with Gasteiger partial charge in [-0.25, -0.2) is 9.59 Å². The molecule has 0 aliphatic carbocycles. The maximum Gasteiger partial charge on any atom is 0.503 e. The van der Waals surface area contributed by atoms with Gasteiger partial charge in [0.15, 0.2) is 0 Å². The smallest absolute Gasteiger partial charge is 0.450 e. The van der Waals surface area contributed by atoms with Crippen molar-refractivity contribution in [3.63, 3.8) is 0 Å². The van der Waals surface area contributed by atoms with E-state index in [0.29, 0.717) is 0 Å². The topological polar surface area (TPSA) is 162 Å². The molecule has 0 spiro atoms. The molecule has 1 aliphatic heterocycles. The van der Waals surface area contributed by atoms with E-state index >= 15 is 0 Å². The Morgan fingerprint density at radius 1 is 1.00 bits per heavy atom. The van der Waals surface area contributed by atoms with Gasteiger partial charge >= 0.3 is 12.3 Å². The second-order valence-corrected chi connectivity index (χ2v) is 3.90. The highest BCUT2D eigenvalue weighted by atomic mass is 16.6. The van der Waals surface area contributed by atoms with Crippen LogP contribution >= 0.6 is 0 Å². The van der Waals surface area contributed by atoms with Gasteiger partial charge in [-0.1, -0.05) is 13.8 Å². The van der Waals surface area contributed by atoms with Crippen LogP contribution in [0.15, 0.2) is 0 Å². The van der Waals surface area contributed by atoms with Crippen LogP contribution in [0.1, 0.15) is 26.7 Å². The molecule has 0 bridgehead atoms. The van der Waals surface area contributed by atoms with Gasteiger partial charge in [-0.2, -0.15) is 0 Å². The summed E-state index contributed by atoms with van der Waals surface area (Å²) in [5, 5.41) is 31.3. The Morgan fingerprint density at radius 3 is 1.44 bits per heavy atom. The van der Waals surface area contributed by atoms with E-state index in [1.165, 1.54) is 25.9 Å². The molecule has 110 valence electrons. The third-order valence-corrected chi connectivity index (χ3v) is 2.33. The first-order valence-electron chi connectivity index (χ1n) is 5.31. The summed E-state index contributed by atoms with van der Waals surface area (Å²) in [4.78, 5) is 17.1. The van der Waals surface area contributed by atoms with E-state index in [1.807, 2.05) is 0 Å². The molecule has 0 amide bonds.